The van der Waals surface area contributed by atoms with Crippen LogP contribution in [0, 0.1) is 0 Å². The van der Waals surface area contributed by atoms with Crippen molar-refractivity contribution in [3.8, 4) is 0 Å². The van der Waals surface area contributed by atoms with Gasteiger partial charge >= 0.3 is 0 Å². The van der Waals surface area contributed by atoms with Crippen molar-refractivity contribution in [3.05, 3.63) is 12.2 Å². The first-order valence-corrected chi connectivity index (χ1v) is 9.73. The van der Waals surface area contributed by atoms with E-state index in [1.165, 1.54) is 77.6 Å². The predicted molar refractivity (Wildman–Crippen MR) is 99.5 cm³/mol. The molecule has 0 saturated heterocycles. The molecule has 3 heteroatoms. The molecule has 0 saturated carbocycles. The molecule has 0 aromatic rings. The fourth-order valence-corrected chi connectivity index (χ4v) is 2.77. The maximum Gasteiger partial charge on any atom is 0.217 e. The highest BCUT2D eigenvalue weighted by Crippen LogP contribution is 2.12. The van der Waals surface area contributed by atoms with Gasteiger partial charge in [-0.2, -0.15) is 0 Å². The Balaban J connectivity index is 3.29. The van der Waals surface area contributed by atoms with Crippen molar-refractivity contribution in [2.24, 2.45) is 0 Å². The zero-order chi connectivity index (χ0) is 17.2. The van der Waals surface area contributed by atoms with Crippen molar-refractivity contribution in [2.75, 3.05) is 6.61 Å². The molecule has 0 aliphatic rings. The minimum Gasteiger partial charge on any atom is -0.394 e. The van der Waals surface area contributed by atoms with Gasteiger partial charge in [0.2, 0.25) is 5.91 Å². The zero-order valence-electron chi connectivity index (χ0n) is 15.5. The first-order valence-electron chi connectivity index (χ1n) is 9.73. The first-order chi connectivity index (χ1) is 11.2. The Labute approximate surface area is 143 Å². The largest absolute Gasteiger partial charge is 0.394 e. The van der Waals surface area contributed by atoms with Crippen LogP contribution in [0.3, 0.4) is 0 Å². The maximum atomic E-state index is 10.9. The molecule has 23 heavy (non-hydrogen) atoms. The van der Waals surface area contributed by atoms with E-state index in [1.54, 1.807) is 0 Å². The number of nitrogens with one attached hydrogen (secondary N) is 1. The average Bonchev–Trinajstić information content (AvgIpc) is 2.53. The van der Waals surface area contributed by atoms with Crippen molar-refractivity contribution in [1.29, 1.82) is 0 Å². The highest BCUT2D eigenvalue weighted by molar-refractivity contribution is 5.73. The molecule has 0 aliphatic heterocycles. The highest BCUT2D eigenvalue weighted by Gasteiger charge is 2.05. The molecule has 0 aliphatic carbocycles. The average molecular weight is 326 g/mol. The number of carbonyl (C=O) groups is 1. The molecule has 1 atom stereocenters. The molecule has 3 nitrogen and oxygen atoms in total. The summed E-state index contributed by atoms with van der Waals surface area (Å²) in [7, 11) is 0. The molecule has 0 radical (unpaired) electrons. The molecule has 0 aromatic heterocycles. The third-order valence-electron chi connectivity index (χ3n) is 4.19. The molecule has 0 rings (SSSR count). The van der Waals surface area contributed by atoms with Gasteiger partial charge in [0.15, 0.2) is 0 Å². The molecule has 1 unspecified atom stereocenters. The van der Waals surface area contributed by atoms with Crippen LogP contribution < -0.4 is 5.32 Å². The van der Waals surface area contributed by atoms with Gasteiger partial charge in [0.05, 0.1) is 12.6 Å². The summed E-state index contributed by atoms with van der Waals surface area (Å²) in [6, 6.07) is -0.138. The van der Waals surface area contributed by atoms with Crippen molar-refractivity contribution in [2.45, 2.75) is 103 Å². The summed E-state index contributed by atoms with van der Waals surface area (Å²) in [5.41, 5.74) is 0. The normalized spacial score (nSPS) is 12.7. The number of unbranched alkanes of at least 4 members (excludes halogenated alkanes) is 11. The monoisotopic (exact) mass is 325 g/mol. The van der Waals surface area contributed by atoms with Crippen molar-refractivity contribution >= 4 is 5.91 Å². The number of amides is 1. The Kier molecular flexibility index (Phi) is 16.9. The minimum absolute atomic E-state index is 0.00235. The van der Waals surface area contributed by atoms with Gasteiger partial charge in [-0.25, -0.2) is 0 Å². The molecule has 0 aromatic carbocycles. The van der Waals surface area contributed by atoms with Gasteiger partial charge in [0.1, 0.15) is 0 Å². The third-order valence-corrected chi connectivity index (χ3v) is 4.19. The minimum atomic E-state index is -0.138. The second kappa shape index (κ2) is 17.5. The van der Waals surface area contributed by atoms with Gasteiger partial charge in [0.25, 0.3) is 0 Å². The SMILES string of the molecule is CCCCCCCCCCCCC/C=C/CC(CO)NC(C)=O. The Hall–Kier alpha value is -0.830. The standard InChI is InChI=1S/C20H39NO2/c1-3-4-5-6-7-8-9-10-11-12-13-14-15-16-17-20(18-22)21-19(2)23/h15-16,20,22H,3-14,17-18H2,1-2H3,(H,21,23)/b16-15+. The molecule has 2 N–H and O–H groups in total. The summed E-state index contributed by atoms with van der Waals surface area (Å²) >= 11 is 0. The van der Waals surface area contributed by atoms with E-state index in [0.717, 1.165) is 6.42 Å². The Morgan fingerprint density at radius 1 is 0.913 bits per heavy atom. The van der Waals surface area contributed by atoms with E-state index >= 15 is 0 Å². The van der Waals surface area contributed by atoms with Crippen LogP contribution in [0.2, 0.25) is 0 Å². The number of hydrogen-bond acceptors (Lipinski definition) is 2. The van der Waals surface area contributed by atoms with Crippen LogP contribution in [-0.4, -0.2) is 23.7 Å². The predicted octanol–water partition coefficient (Wildman–Crippen LogP) is 5.13. The van der Waals surface area contributed by atoms with Crippen LogP contribution in [0.15, 0.2) is 12.2 Å². The summed E-state index contributed by atoms with van der Waals surface area (Å²) in [6.07, 6.45) is 21.2. The second-order valence-corrected chi connectivity index (χ2v) is 6.61. The Bertz CT molecular complexity index is 289. The topological polar surface area (TPSA) is 49.3 Å². The van der Waals surface area contributed by atoms with Crippen LogP contribution >= 0.6 is 0 Å². The van der Waals surface area contributed by atoms with E-state index in [1.807, 2.05) is 0 Å². The molecule has 1 amide bonds. The summed E-state index contributed by atoms with van der Waals surface area (Å²) in [5, 5.41) is 11.9. The lowest BCUT2D eigenvalue weighted by molar-refractivity contribution is -0.119. The van der Waals surface area contributed by atoms with Crippen molar-refractivity contribution in [1.82, 2.24) is 5.32 Å². The smallest absolute Gasteiger partial charge is 0.217 e. The van der Waals surface area contributed by atoms with Gasteiger partial charge in [-0.1, -0.05) is 83.3 Å². The van der Waals surface area contributed by atoms with Crippen LogP contribution in [0.4, 0.5) is 0 Å². The van der Waals surface area contributed by atoms with Gasteiger partial charge < -0.3 is 10.4 Å². The van der Waals surface area contributed by atoms with Gasteiger partial charge in [-0.05, 0) is 19.3 Å². The maximum absolute atomic E-state index is 10.9. The van der Waals surface area contributed by atoms with Crippen LogP contribution in [0.1, 0.15) is 97.3 Å². The zero-order valence-corrected chi connectivity index (χ0v) is 15.5. The van der Waals surface area contributed by atoms with E-state index < -0.39 is 0 Å². The fraction of sp³-hybridized carbons (Fsp3) is 0.850. The van der Waals surface area contributed by atoms with Crippen LogP contribution in [-0.2, 0) is 4.79 Å². The number of rotatable bonds is 16. The summed E-state index contributed by atoms with van der Waals surface area (Å²) in [4.78, 5) is 10.9. The summed E-state index contributed by atoms with van der Waals surface area (Å²) in [5.74, 6) is -0.0807. The quantitative estimate of drug-likeness (QED) is 0.305. The van der Waals surface area contributed by atoms with E-state index in [2.05, 4.69) is 24.4 Å². The number of allylic oxidation sites excluding steroid dienone is 1. The van der Waals surface area contributed by atoms with E-state index in [4.69, 9.17) is 5.11 Å². The first kappa shape index (κ1) is 22.2. The van der Waals surface area contributed by atoms with Gasteiger partial charge in [-0.15, -0.1) is 0 Å². The van der Waals surface area contributed by atoms with E-state index in [-0.39, 0.29) is 18.6 Å². The molecule has 0 fully saturated rings. The molecule has 136 valence electrons. The molecular weight excluding hydrogens is 286 g/mol. The van der Waals surface area contributed by atoms with Gasteiger partial charge in [-0.3, -0.25) is 4.79 Å². The molecule has 0 bridgehead atoms. The van der Waals surface area contributed by atoms with Crippen molar-refractivity contribution in [3.63, 3.8) is 0 Å². The Morgan fingerprint density at radius 2 is 1.43 bits per heavy atom. The number of aliphatic hydroxyl groups excluding tert-OH is 1. The lowest BCUT2D eigenvalue weighted by Crippen LogP contribution is -2.35. The van der Waals surface area contributed by atoms with E-state index in [9.17, 15) is 4.79 Å². The lowest BCUT2D eigenvalue weighted by atomic mass is 10.1. The lowest BCUT2D eigenvalue weighted by Gasteiger charge is -2.12. The summed E-state index contributed by atoms with van der Waals surface area (Å²) in [6.45, 7) is 3.75. The second-order valence-electron chi connectivity index (χ2n) is 6.61. The molecule has 0 spiro atoms. The number of hydrogen-bond donors (Lipinski definition) is 2. The van der Waals surface area contributed by atoms with Gasteiger partial charge in [0, 0.05) is 6.92 Å². The van der Waals surface area contributed by atoms with Crippen molar-refractivity contribution < 1.29 is 9.90 Å². The molecule has 0 heterocycles. The number of aliphatic hydroxyl groups is 1. The number of carbonyl (C=O) groups excluding carboxylic acids is 1. The fourth-order valence-electron chi connectivity index (χ4n) is 2.77. The Morgan fingerprint density at radius 3 is 1.91 bits per heavy atom. The third kappa shape index (κ3) is 17.4. The van der Waals surface area contributed by atoms with Crippen LogP contribution in [0.5, 0.6) is 0 Å². The molecular formula is C20H39NO2. The summed E-state index contributed by atoms with van der Waals surface area (Å²) < 4.78 is 0. The van der Waals surface area contributed by atoms with E-state index in [0.29, 0.717) is 6.42 Å². The highest BCUT2D eigenvalue weighted by atomic mass is 16.3. The van der Waals surface area contributed by atoms with Crippen LogP contribution in [0.25, 0.3) is 0 Å².